The van der Waals surface area contributed by atoms with Gasteiger partial charge in [-0.25, -0.2) is 14.4 Å². The van der Waals surface area contributed by atoms with Crippen molar-refractivity contribution >= 4 is 34.0 Å². The number of carbonyl (C=O) groups is 1. The summed E-state index contributed by atoms with van der Waals surface area (Å²) >= 11 is 0. The quantitative estimate of drug-likeness (QED) is 0.362. The van der Waals surface area contributed by atoms with E-state index in [0.29, 0.717) is 18.2 Å². The van der Waals surface area contributed by atoms with Crippen molar-refractivity contribution in [3.05, 3.63) is 47.9 Å². The number of hydrogen-bond donors (Lipinski definition) is 4. The Labute approximate surface area is 203 Å². The highest BCUT2D eigenvalue weighted by molar-refractivity contribution is 6.02. The molecule has 1 fully saturated rings. The van der Waals surface area contributed by atoms with Crippen LogP contribution in [0.4, 0.5) is 21.7 Å². The maximum atomic E-state index is 14.9. The van der Waals surface area contributed by atoms with Crippen LogP contribution in [0.25, 0.3) is 10.8 Å². The van der Waals surface area contributed by atoms with E-state index in [1.165, 1.54) is 0 Å². The molecule has 0 bridgehead atoms. The van der Waals surface area contributed by atoms with Gasteiger partial charge in [0.05, 0.1) is 12.2 Å². The third-order valence-electron chi connectivity index (χ3n) is 6.12. The first-order valence-electron chi connectivity index (χ1n) is 11.7. The van der Waals surface area contributed by atoms with Crippen molar-refractivity contribution in [2.45, 2.75) is 50.8 Å². The van der Waals surface area contributed by atoms with Gasteiger partial charge in [-0.2, -0.15) is 0 Å². The molecule has 3 atom stereocenters. The molecule has 10 heteroatoms. The number of rotatable bonds is 9. The van der Waals surface area contributed by atoms with Crippen molar-refractivity contribution in [2.24, 2.45) is 11.5 Å². The van der Waals surface area contributed by atoms with Crippen LogP contribution in [-0.4, -0.2) is 47.8 Å². The second-order valence-corrected chi connectivity index (χ2v) is 8.80. The predicted molar refractivity (Wildman–Crippen MR) is 134 cm³/mol. The molecule has 1 unspecified atom stereocenters. The van der Waals surface area contributed by atoms with Gasteiger partial charge >= 0.3 is 0 Å². The number of aromatic nitrogens is 2. The first-order valence-corrected chi connectivity index (χ1v) is 11.7. The summed E-state index contributed by atoms with van der Waals surface area (Å²) in [6.07, 6.45) is 5.18. The number of carbonyl (C=O) groups excluding carboxylic acids is 1. The van der Waals surface area contributed by atoms with Crippen LogP contribution in [0.5, 0.6) is 5.88 Å². The lowest BCUT2D eigenvalue weighted by molar-refractivity contribution is 0.0901. The van der Waals surface area contributed by atoms with Crippen molar-refractivity contribution in [3.63, 3.8) is 0 Å². The number of nitrogens with one attached hydrogen (secondary N) is 2. The van der Waals surface area contributed by atoms with Crippen molar-refractivity contribution in [1.82, 2.24) is 9.97 Å². The van der Waals surface area contributed by atoms with Gasteiger partial charge in [-0.15, -0.1) is 0 Å². The molecule has 1 aliphatic carbocycles. The molecule has 0 spiro atoms. The van der Waals surface area contributed by atoms with Crippen LogP contribution in [0.1, 0.15) is 43.0 Å². The van der Waals surface area contributed by atoms with Gasteiger partial charge in [-0.1, -0.05) is 18.9 Å². The second-order valence-electron chi connectivity index (χ2n) is 8.80. The maximum Gasteiger partial charge on any atom is 0.252 e. The molecular formula is C25H31FN6O3. The fourth-order valence-electron chi connectivity index (χ4n) is 4.36. The summed E-state index contributed by atoms with van der Waals surface area (Å²) in [5, 5.41) is 7.83. The van der Waals surface area contributed by atoms with Crippen LogP contribution >= 0.6 is 0 Å². The Kier molecular flexibility index (Phi) is 7.62. The summed E-state index contributed by atoms with van der Waals surface area (Å²) in [4.78, 5) is 20.9. The van der Waals surface area contributed by atoms with E-state index in [0.717, 1.165) is 42.5 Å². The molecule has 1 saturated carbocycles. The molecule has 0 radical (unpaired) electrons. The SMILES string of the molecule is COCC(C)Oc1nccc2c(Nc3nc(N[C@@H]4CCCC[C@@H]4N)c(F)cc3C(N)=O)cccc12. The topological polar surface area (TPSA) is 137 Å². The highest BCUT2D eigenvalue weighted by Crippen LogP contribution is 2.33. The lowest BCUT2D eigenvalue weighted by Crippen LogP contribution is -2.43. The molecule has 35 heavy (non-hydrogen) atoms. The molecule has 6 N–H and O–H groups in total. The summed E-state index contributed by atoms with van der Waals surface area (Å²) in [5.41, 5.74) is 12.3. The number of primary amides is 1. The average Bonchev–Trinajstić information content (AvgIpc) is 2.83. The molecular weight excluding hydrogens is 451 g/mol. The zero-order valence-corrected chi connectivity index (χ0v) is 19.9. The number of nitrogens with zero attached hydrogens (tertiary/aromatic N) is 2. The number of benzene rings is 1. The Morgan fingerprint density at radius 3 is 2.77 bits per heavy atom. The van der Waals surface area contributed by atoms with Gasteiger partial charge in [-0.3, -0.25) is 4.79 Å². The molecule has 9 nitrogen and oxygen atoms in total. The lowest BCUT2D eigenvalue weighted by atomic mass is 9.91. The van der Waals surface area contributed by atoms with Crippen molar-refractivity contribution in [1.29, 1.82) is 0 Å². The summed E-state index contributed by atoms with van der Waals surface area (Å²) in [6, 6.07) is 8.25. The molecule has 2 aromatic heterocycles. The van der Waals surface area contributed by atoms with Crippen LogP contribution in [0, 0.1) is 5.82 Å². The highest BCUT2D eigenvalue weighted by Gasteiger charge is 2.24. The summed E-state index contributed by atoms with van der Waals surface area (Å²) < 4.78 is 26.0. The van der Waals surface area contributed by atoms with E-state index < -0.39 is 11.7 Å². The summed E-state index contributed by atoms with van der Waals surface area (Å²) in [5.74, 6) is -0.831. The maximum absolute atomic E-state index is 14.9. The Hall–Kier alpha value is -3.50. The number of methoxy groups -OCH3 is 1. The minimum atomic E-state index is -0.792. The van der Waals surface area contributed by atoms with Crippen LogP contribution in [-0.2, 0) is 4.74 Å². The number of nitrogens with two attached hydrogens (primary N) is 2. The smallest absolute Gasteiger partial charge is 0.252 e. The summed E-state index contributed by atoms with van der Waals surface area (Å²) in [7, 11) is 1.61. The molecule has 2 heterocycles. The molecule has 1 amide bonds. The Morgan fingerprint density at radius 2 is 2.03 bits per heavy atom. The second kappa shape index (κ2) is 10.8. The van der Waals surface area contributed by atoms with Gasteiger partial charge in [0, 0.05) is 41.9 Å². The van der Waals surface area contributed by atoms with E-state index in [2.05, 4.69) is 20.6 Å². The molecule has 186 valence electrons. The fraction of sp³-hybridized carbons (Fsp3) is 0.400. The molecule has 3 aromatic rings. The Bertz CT molecular complexity index is 1210. The van der Waals surface area contributed by atoms with E-state index in [1.54, 1.807) is 13.3 Å². The van der Waals surface area contributed by atoms with Gasteiger partial charge in [0.25, 0.3) is 5.91 Å². The monoisotopic (exact) mass is 482 g/mol. The number of anilines is 3. The molecule has 1 aromatic carbocycles. The van der Waals surface area contributed by atoms with Gasteiger partial charge in [-0.05, 0) is 44.0 Å². The number of pyridine rings is 2. The fourth-order valence-corrected chi connectivity index (χ4v) is 4.36. The molecule has 4 rings (SSSR count). The zero-order valence-electron chi connectivity index (χ0n) is 19.9. The van der Waals surface area contributed by atoms with Crippen LogP contribution in [0.15, 0.2) is 36.5 Å². The van der Waals surface area contributed by atoms with E-state index in [4.69, 9.17) is 20.9 Å². The largest absolute Gasteiger partial charge is 0.472 e. The van der Waals surface area contributed by atoms with Gasteiger partial charge in [0.2, 0.25) is 5.88 Å². The third kappa shape index (κ3) is 5.60. The van der Waals surface area contributed by atoms with Crippen molar-refractivity contribution in [2.75, 3.05) is 24.4 Å². The standard InChI is InChI=1S/C25H31FN6O3/c1-14(13-34-2)35-25-16-6-5-9-20(15(16)10-11-29-25)30-23-17(22(28)33)12-18(26)24(32-23)31-21-8-4-3-7-19(21)27/h5-6,9-12,14,19,21H,3-4,7-8,13,27H2,1-2H3,(H2,28,33)(H2,30,31,32)/t14?,19-,21+/m0/s1. The van der Waals surface area contributed by atoms with Gasteiger partial charge in [0.1, 0.15) is 11.9 Å². The molecule has 0 saturated heterocycles. The minimum absolute atomic E-state index is 0.0270. The first kappa shape index (κ1) is 24.6. The minimum Gasteiger partial charge on any atom is -0.472 e. The van der Waals surface area contributed by atoms with Gasteiger partial charge in [0.15, 0.2) is 11.6 Å². The Balaban J connectivity index is 1.69. The number of hydrogen-bond acceptors (Lipinski definition) is 8. The predicted octanol–water partition coefficient (Wildman–Crippen LogP) is 3.71. The summed E-state index contributed by atoms with van der Waals surface area (Å²) in [6.45, 7) is 2.30. The lowest BCUT2D eigenvalue weighted by Gasteiger charge is -2.30. The van der Waals surface area contributed by atoms with E-state index >= 15 is 0 Å². The number of ether oxygens (including phenoxy) is 2. The van der Waals surface area contributed by atoms with Crippen molar-refractivity contribution in [3.8, 4) is 5.88 Å². The normalized spacial score (nSPS) is 18.7. The van der Waals surface area contributed by atoms with E-state index in [9.17, 15) is 9.18 Å². The first-order chi connectivity index (χ1) is 16.9. The van der Waals surface area contributed by atoms with E-state index in [1.807, 2.05) is 31.2 Å². The van der Waals surface area contributed by atoms with E-state index in [-0.39, 0.29) is 35.4 Å². The third-order valence-corrected chi connectivity index (χ3v) is 6.12. The van der Waals surface area contributed by atoms with Crippen LogP contribution < -0.4 is 26.8 Å². The number of halogens is 1. The zero-order chi connectivity index (χ0) is 24.9. The number of fused-ring (bicyclic) bond motifs is 1. The Morgan fingerprint density at radius 1 is 1.23 bits per heavy atom. The van der Waals surface area contributed by atoms with Crippen LogP contribution in [0.3, 0.4) is 0 Å². The van der Waals surface area contributed by atoms with Gasteiger partial charge < -0.3 is 31.6 Å². The van der Waals surface area contributed by atoms with Crippen LogP contribution in [0.2, 0.25) is 0 Å². The number of amides is 1. The van der Waals surface area contributed by atoms with Crippen molar-refractivity contribution < 1.29 is 18.7 Å². The molecule has 1 aliphatic rings. The highest BCUT2D eigenvalue weighted by atomic mass is 19.1. The molecule has 0 aliphatic heterocycles. The average molecular weight is 483 g/mol.